The minimum atomic E-state index is -4.54. The smallest absolute Gasteiger partial charge is 0.422 e. The molecule has 8 nitrogen and oxygen atoms in total. The van der Waals surface area contributed by atoms with E-state index < -0.39 is 23.6 Å². The highest BCUT2D eigenvalue weighted by atomic mass is 19.4. The molecule has 0 aliphatic rings. The second-order valence-corrected chi connectivity index (χ2v) is 5.91. The number of rotatable bonds is 7. The van der Waals surface area contributed by atoms with Crippen LogP contribution in [0.4, 0.5) is 30.2 Å². The first kappa shape index (κ1) is 21.5. The van der Waals surface area contributed by atoms with Crippen LogP contribution in [-0.4, -0.2) is 30.2 Å². The number of alkyl halides is 3. The van der Waals surface area contributed by atoms with Crippen molar-refractivity contribution < 1.29 is 27.6 Å². The van der Waals surface area contributed by atoms with Crippen molar-refractivity contribution in [3.63, 3.8) is 0 Å². The van der Waals surface area contributed by atoms with Gasteiger partial charge in [0.1, 0.15) is 17.5 Å². The molecule has 0 aliphatic heterocycles. The molecule has 0 bridgehead atoms. The van der Waals surface area contributed by atoms with Crippen LogP contribution < -0.4 is 15.4 Å². The van der Waals surface area contributed by atoms with E-state index in [1.54, 1.807) is 19.1 Å². The normalized spacial score (nSPS) is 10.7. The lowest BCUT2D eigenvalue weighted by Gasteiger charge is -2.12. The Morgan fingerprint density at radius 2 is 2.00 bits per heavy atom. The Balaban J connectivity index is 2.02. The summed E-state index contributed by atoms with van der Waals surface area (Å²) in [5, 5.41) is 25.2. The van der Waals surface area contributed by atoms with Gasteiger partial charge in [-0.2, -0.15) is 18.4 Å². The maximum Gasteiger partial charge on any atom is 0.422 e. The fourth-order valence-electron chi connectivity index (χ4n) is 2.29. The van der Waals surface area contributed by atoms with Crippen molar-refractivity contribution in [2.75, 3.05) is 23.8 Å². The summed E-state index contributed by atoms with van der Waals surface area (Å²) in [5.74, 6) is -0.831. The summed E-state index contributed by atoms with van der Waals surface area (Å²) in [6.45, 7) is -0.153. The summed E-state index contributed by atoms with van der Waals surface area (Å²) in [4.78, 5) is 22.5. The van der Waals surface area contributed by atoms with E-state index in [0.717, 1.165) is 0 Å². The molecule has 0 radical (unpaired) electrons. The average Bonchev–Trinajstić information content (AvgIpc) is 2.65. The Bertz CT molecular complexity index is 971. The first-order valence-corrected chi connectivity index (χ1v) is 8.11. The number of benzene rings is 2. The molecule has 0 fully saturated rings. The van der Waals surface area contributed by atoms with Crippen LogP contribution in [0.25, 0.3) is 0 Å². The third-order valence-electron chi connectivity index (χ3n) is 3.57. The molecule has 0 saturated carbocycles. The summed E-state index contributed by atoms with van der Waals surface area (Å²) in [5.41, 5.74) is 0.574. The average molecular weight is 408 g/mol. The van der Waals surface area contributed by atoms with E-state index in [9.17, 15) is 28.1 Å². The monoisotopic (exact) mass is 408 g/mol. The van der Waals surface area contributed by atoms with Crippen LogP contribution in [0.2, 0.25) is 0 Å². The number of nitriles is 1. The molecular formula is C18H15F3N4O4. The van der Waals surface area contributed by atoms with E-state index in [0.29, 0.717) is 5.56 Å². The van der Waals surface area contributed by atoms with Crippen molar-refractivity contribution in [3.05, 3.63) is 57.6 Å². The van der Waals surface area contributed by atoms with E-state index in [4.69, 9.17) is 5.26 Å². The summed E-state index contributed by atoms with van der Waals surface area (Å²) >= 11 is 0. The van der Waals surface area contributed by atoms with Crippen molar-refractivity contribution in [3.8, 4) is 11.8 Å². The van der Waals surface area contributed by atoms with Crippen molar-refractivity contribution in [2.24, 2.45) is 0 Å². The van der Waals surface area contributed by atoms with Gasteiger partial charge in [-0.15, -0.1) is 0 Å². The molecule has 0 atom stereocenters. The number of aryl methyl sites for hydroxylation is 1. The SMILES string of the molecule is Cc1ccc(NC(=O)CNc2ccc(OCC(F)(F)F)c(C#N)c2)c([N+](=O)[O-])c1. The van der Waals surface area contributed by atoms with Crippen LogP contribution in [-0.2, 0) is 4.79 Å². The van der Waals surface area contributed by atoms with Gasteiger partial charge in [0.15, 0.2) is 6.61 Å². The standard InChI is InChI=1S/C18H15F3N4O4/c1-11-2-4-14(15(6-11)25(27)28)24-17(26)9-23-13-3-5-16(12(7-13)8-22)29-10-18(19,20)21/h2-7,23H,9-10H2,1H3,(H,24,26). The number of nitrogens with zero attached hydrogens (tertiary/aromatic N) is 2. The minimum Gasteiger partial charge on any atom is -0.483 e. The minimum absolute atomic E-state index is 0.0287. The molecule has 0 saturated heterocycles. The van der Waals surface area contributed by atoms with Crippen molar-refractivity contribution in [1.82, 2.24) is 0 Å². The Labute approximate surface area is 163 Å². The lowest BCUT2D eigenvalue weighted by atomic mass is 10.2. The van der Waals surface area contributed by atoms with E-state index in [2.05, 4.69) is 15.4 Å². The van der Waals surface area contributed by atoms with Gasteiger partial charge in [0, 0.05) is 11.8 Å². The van der Waals surface area contributed by atoms with Crippen LogP contribution in [0.1, 0.15) is 11.1 Å². The van der Waals surface area contributed by atoms with Gasteiger partial charge in [0.25, 0.3) is 5.69 Å². The Hall–Kier alpha value is -3.81. The molecule has 1 amide bonds. The molecule has 0 unspecified atom stereocenters. The molecule has 0 heterocycles. The highest BCUT2D eigenvalue weighted by Gasteiger charge is 2.28. The summed E-state index contributed by atoms with van der Waals surface area (Å²) in [7, 11) is 0. The largest absolute Gasteiger partial charge is 0.483 e. The third kappa shape index (κ3) is 6.39. The van der Waals surface area contributed by atoms with Crippen LogP contribution in [0.15, 0.2) is 36.4 Å². The van der Waals surface area contributed by atoms with E-state index in [1.165, 1.54) is 30.3 Å². The van der Waals surface area contributed by atoms with E-state index in [1.807, 2.05) is 0 Å². The number of nitro groups is 1. The number of ether oxygens (including phenoxy) is 1. The lowest BCUT2D eigenvalue weighted by Crippen LogP contribution is -2.22. The van der Waals surface area contributed by atoms with Gasteiger partial charge >= 0.3 is 6.18 Å². The summed E-state index contributed by atoms with van der Waals surface area (Å²) in [6.07, 6.45) is -4.54. The first-order valence-electron chi connectivity index (χ1n) is 8.11. The molecule has 0 aliphatic carbocycles. The molecule has 0 spiro atoms. The van der Waals surface area contributed by atoms with E-state index in [-0.39, 0.29) is 34.9 Å². The van der Waals surface area contributed by atoms with Crippen molar-refractivity contribution >= 4 is 23.0 Å². The summed E-state index contributed by atoms with van der Waals surface area (Å²) in [6, 6.07) is 9.80. The van der Waals surface area contributed by atoms with Crippen LogP contribution in [0.3, 0.4) is 0 Å². The van der Waals surface area contributed by atoms with E-state index >= 15 is 0 Å². The number of halogens is 3. The fraction of sp³-hybridized carbons (Fsp3) is 0.222. The number of hydrogen-bond acceptors (Lipinski definition) is 6. The van der Waals surface area contributed by atoms with Gasteiger partial charge in [0.2, 0.25) is 5.91 Å². The predicted molar refractivity (Wildman–Crippen MR) is 97.7 cm³/mol. The second kappa shape index (κ2) is 8.92. The highest BCUT2D eigenvalue weighted by molar-refractivity contribution is 5.95. The molecule has 2 N–H and O–H groups in total. The van der Waals surface area contributed by atoms with Gasteiger partial charge in [-0.1, -0.05) is 6.07 Å². The fourth-order valence-corrected chi connectivity index (χ4v) is 2.29. The molecule has 11 heteroatoms. The Kier molecular flexibility index (Phi) is 6.61. The number of carbonyl (C=O) groups excluding carboxylic acids is 1. The first-order chi connectivity index (χ1) is 13.6. The molecule has 0 aromatic heterocycles. The summed E-state index contributed by atoms with van der Waals surface area (Å²) < 4.78 is 41.3. The number of nitrogens with one attached hydrogen (secondary N) is 2. The topological polar surface area (TPSA) is 117 Å². The number of amides is 1. The van der Waals surface area contributed by atoms with Crippen LogP contribution >= 0.6 is 0 Å². The number of carbonyl (C=O) groups is 1. The molecule has 2 rings (SSSR count). The third-order valence-corrected chi connectivity index (χ3v) is 3.57. The van der Waals surface area contributed by atoms with Gasteiger partial charge in [-0.25, -0.2) is 0 Å². The van der Waals surface area contributed by atoms with Crippen LogP contribution in [0, 0.1) is 28.4 Å². The highest BCUT2D eigenvalue weighted by Crippen LogP contribution is 2.26. The second-order valence-electron chi connectivity index (χ2n) is 5.91. The van der Waals surface area contributed by atoms with Gasteiger partial charge in [0.05, 0.1) is 17.0 Å². The maximum atomic E-state index is 12.2. The zero-order valence-corrected chi connectivity index (χ0v) is 15.0. The molecule has 2 aromatic carbocycles. The van der Waals surface area contributed by atoms with Crippen LogP contribution in [0.5, 0.6) is 5.75 Å². The van der Waals surface area contributed by atoms with Crippen molar-refractivity contribution in [2.45, 2.75) is 13.1 Å². The number of anilines is 2. The maximum absolute atomic E-state index is 12.2. The van der Waals surface area contributed by atoms with Gasteiger partial charge in [-0.05, 0) is 36.8 Å². The predicted octanol–water partition coefficient (Wildman–Crippen LogP) is 3.77. The number of nitro benzene ring substituents is 1. The molecule has 29 heavy (non-hydrogen) atoms. The number of hydrogen-bond donors (Lipinski definition) is 2. The molecule has 152 valence electrons. The quantitative estimate of drug-likeness (QED) is 0.532. The van der Waals surface area contributed by atoms with Gasteiger partial charge < -0.3 is 15.4 Å². The lowest BCUT2D eigenvalue weighted by molar-refractivity contribution is -0.384. The molecule has 2 aromatic rings. The molecular weight excluding hydrogens is 393 g/mol. The van der Waals surface area contributed by atoms with Crippen molar-refractivity contribution in [1.29, 1.82) is 5.26 Å². The Morgan fingerprint density at radius 1 is 1.28 bits per heavy atom. The zero-order chi connectivity index (χ0) is 21.6. The Morgan fingerprint density at radius 3 is 2.62 bits per heavy atom. The van der Waals surface area contributed by atoms with Gasteiger partial charge in [-0.3, -0.25) is 14.9 Å². The zero-order valence-electron chi connectivity index (χ0n) is 15.0.